The molecule has 3 heterocycles. The minimum atomic E-state index is -0.263. The molecule has 3 aromatic heterocycles. The van der Waals surface area contributed by atoms with Gasteiger partial charge in [0.2, 0.25) is 0 Å². The number of hydrazone groups is 1. The number of nitrogens with two attached hydrogens (primary N) is 2. The van der Waals surface area contributed by atoms with Gasteiger partial charge in [-0.2, -0.15) is 0 Å². The number of nitrogens with one attached hydrogen (secondary N) is 1. The van der Waals surface area contributed by atoms with Crippen molar-refractivity contribution in [3.8, 4) is 16.8 Å². The number of hydrogen-bond donors (Lipinski definition) is 3. The standard InChI is InChI=1S/C32H31FN8/c1-4-29-37-30-19(2)15-20(3)36-32(30)41(29)18-21-5-7-22(8-6-21)27-17-25(10-11-26(27)31(34)38-39-35)40-14-13-23-16-24(33)9-12-28(23)40/h5-17,39H,4,18,35H2,1-3H3,(H2,34,38). The first kappa shape index (κ1) is 26.2. The van der Waals surface area contributed by atoms with Crippen LogP contribution < -0.4 is 17.1 Å². The first-order valence-electron chi connectivity index (χ1n) is 13.5. The number of benzene rings is 3. The molecule has 8 nitrogen and oxygen atoms in total. The number of fused-ring (bicyclic) bond motifs is 2. The van der Waals surface area contributed by atoms with Gasteiger partial charge < -0.3 is 14.9 Å². The Morgan fingerprint density at radius 1 is 0.976 bits per heavy atom. The Hall–Kier alpha value is -5.02. The number of nitrogens with zero attached hydrogens (tertiary/aromatic N) is 5. The first-order chi connectivity index (χ1) is 19.9. The van der Waals surface area contributed by atoms with Crippen LogP contribution in [0.5, 0.6) is 0 Å². The maximum Gasteiger partial charge on any atom is 0.160 e. The number of hydrazine groups is 1. The van der Waals surface area contributed by atoms with Crippen LogP contribution in [-0.4, -0.2) is 24.9 Å². The number of aryl methyl sites for hydroxylation is 3. The van der Waals surface area contributed by atoms with Crippen molar-refractivity contribution in [2.45, 2.75) is 33.7 Å². The third-order valence-electron chi connectivity index (χ3n) is 7.42. The number of hydrogen-bond acceptors (Lipinski definition) is 5. The highest BCUT2D eigenvalue weighted by molar-refractivity contribution is 6.03. The molecule has 0 spiro atoms. The van der Waals surface area contributed by atoms with Gasteiger partial charge in [0.25, 0.3) is 0 Å². The fourth-order valence-electron chi connectivity index (χ4n) is 5.47. The van der Waals surface area contributed by atoms with Gasteiger partial charge >= 0.3 is 0 Å². The van der Waals surface area contributed by atoms with Crippen LogP contribution in [-0.2, 0) is 13.0 Å². The molecule has 0 fully saturated rings. The molecule has 0 amide bonds. The van der Waals surface area contributed by atoms with Crippen molar-refractivity contribution in [1.29, 1.82) is 0 Å². The van der Waals surface area contributed by atoms with Gasteiger partial charge in [0, 0.05) is 34.9 Å². The van der Waals surface area contributed by atoms with Crippen molar-refractivity contribution in [2.24, 2.45) is 16.7 Å². The van der Waals surface area contributed by atoms with E-state index in [-0.39, 0.29) is 11.7 Å². The molecular formula is C32H31FN8. The van der Waals surface area contributed by atoms with Gasteiger partial charge in [0.1, 0.15) is 17.2 Å². The van der Waals surface area contributed by atoms with Crippen LogP contribution in [0.15, 0.2) is 84.1 Å². The van der Waals surface area contributed by atoms with Crippen LogP contribution in [0.1, 0.15) is 35.1 Å². The molecule has 0 aliphatic rings. The second-order valence-corrected chi connectivity index (χ2v) is 10.2. The average molecular weight is 547 g/mol. The molecule has 41 heavy (non-hydrogen) atoms. The summed E-state index contributed by atoms with van der Waals surface area (Å²) in [5.74, 6) is 6.46. The van der Waals surface area contributed by atoms with Crippen molar-refractivity contribution < 1.29 is 4.39 Å². The second kappa shape index (κ2) is 10.5. The van der Waals surface area contributed by atoms with Gasteiger partial charge in [0.05, 0.1) is 12.1 Å². The van der Waals surface area contributed by atoms with Crippen LogP contribution in [0, 0.1) is 19.7 Å². The molecule has 6 aromatic rings. The van der Waals surface area contributed by atoms with Gasteiger partial charge in [-0.05, 0) is 84.6 Å². The van der Waals surface area contributed by atoms with E-state index in [1.54, 1.807) is 6.07 Å². The SMILES string of the molecule is CCc1nc2c(C)cc(C)nc2n1Cc1ccc(-c2cc(-n3ccc4cc(F)ccc43)ccc2/C(N)=N/NN)cc1. The van der Waals surface area contributed by atoms with Gasteiger partial charge in [-0.25, -0.2) is 25.7 Å². The molecule has 206 valence electrons. The zero-order valence-electron chi connectivity index (χ0n) is 23.2. The minimum absolute atomic E-state index is 0.263. The molecule has 0 unspecified atom stereocenters. The number of amidine groups is 1. The normalized spacial score (nSPS) is 12.0. The maximum absolute atomic E-state index is 13.8. The predicted molar refractivity (Wildman–Crippen MR) is 162 cm³/mol. The Morgan fingerprint density at radius 3 is 2.54 bits per heavy atom. The van der Waals surface area contributed by atoms with E-state index in [0.717, 1.165) is 73.5 Å². The summed E-state index contributed by atoms with van der Waals surface area (Å²) in [6, 6.07) is 23.1. The average Bonchev–Trinajstić information content (AvgIpc) is 3.54. The molecule has 5 N–H and O–H groups in total. The summed E-state index contributed by atoms with van der Waals surface area (Å²) >= 11 is 0. The van der Waals surface area contributed by atoms with E-state index in [2.05, 4.69) is 65.4 Å². The van der Waals surface area contributed by atoms with Crippen molar-refractivity contribution in [3.05, 3.63) is 113 Å². The number of imidazole rings is 1. The topological polar surface area (TPSA) is 112 Å². The third-order valence-corrected chi connectivity index (χ3v) is 7.42. The zero-order valence-corrected chi connectivity index (χ0v) is 23.2. The molecule has 0 aliphatic carbocycles. The molecule has 6 rings (SSSR count). The van der Waals surface area contributed by atoms with Gasteiger partial charge in [-0.3, -0.25) is 0 Å². The summed E-state index contributed by atoms with van der Waals surface area (Å²) < 4.78 is 18.0. The Kier molecular flexibility index (Phi) is 6.72. The highest BCUT2D eigenvalue weighted by atomic mass is 19.1. The molecule has 0 saturated carbocycles. The maximum atomic E-state index is 13.8. The van der Waals surface area contributed by atoms with E-state index in [1.165, 1.54) is 12.1 Å². The van der Waals surface area contributed by atoms with E-state index in [9.17, 15) is 4.39 Å². The van der Waals surface area contributed by atoms with E-state index in [0.29, 0.717) is 6.54 Å². The Bertz CT molecular complexity index is 1930. The molecule has 3 aromatic carbocycles. The molecule has 0 saturated heterocycles. The van der Waals surface area contributed by atoms with Crippen molar-refractivity contribution in [2.75, 3.05) is 0 Å². The lowest BCUT2D eigenvalue weighted by atomic mass is 9.97. The zero-order chi connectivity index (χ0) is 28.7. The Balaban J connectivity index is 1.40. The lowest BCUT2D eigenvalue weighted by Crippen LogP contribution is -2.23. The van der Waals surface area contributed by atoms with Crippen LogP contribution in [0.3, 0.4) is 0 Å². The highest BCUT2D eigenvalue weighted by Crippen LogP contribution is 2.30. The van der Waals surface area contributed by atoms with Crippen molar-refractivity contribution >= 4 is 27.9 Å². The monoisotopic (exact) mass is 546 g/mol. The van der Waals surface area contributed by atoms with Gasteiger partial charge in [-0.1, -0.05) is 31.2 Å². The fraction of sp³-hybridized carbons (Fsp3) is 0.156. The van der Waals surface area contributed by atoms with Gasteiger partial charge in [0.15, 0.2) is 11.5 Å². The van der Waals surface area contributed by atoms with Crippen molar-refractivity contribution in [3.63, 3.8) is 0 Å². The Labute approximate surface area is 237 Å². The molecule has 0 atom stereocenters. The summed E-state index contributed by atoms with van der Waals surface area (Å²) in [5.41, 5.74) is 18.1. The third kappa shape index (κ3) is 4.81. The number of aromatic nitrogens is 4. The Morgan fingerprint density at radius 2 is 1.78 bits per heavy atom. The van der Waals surface area contributed by atoms with Crippen LogP contribution >= 0.6 is 0 Å². The number of rotatable bonds is 7. The van der Waals surface area contributed by atoms with Crippen LogP contribution in [0.4, 0.5) is 4.39 Å². The summed E-state index contributed by atoms with van der Waals surface area (Å²) in [6.07, 6.45) is 2.75. The summed E-state index contributed by atoms with van der Waals surface area (Å²) in [7, 11) is 0. The van der Waals surface area contributed by atoms with E-state index in [1.807, 2.05) is 35.9 Å². The molecule has 0 bridgehead atoms. The summed E-state index contributed by atoms with van der Waals surface area (Å²) in [6.45, 7) is 6.87. The van der Waals surface area contributed by atoms with E-state index < -0.39 is 0 Å². The van der Waals surface area contributed by atoms with Crippen LogP contribution in [0.2, 0.25) is 0 Å². The molecular weight excluding hydrogens is 515 g/mol. The number of halogens is 1. The molecule has 9 heteroatoms. The quantitative estimate of drug-likeness (QED) is 0.106. The van der Waals surface area contributed by atoms with E-state index >= 15 is 0 Å². The minimum Gasteiger partial charge on any atom is -0.382 e. The number of pyridine rings is 1. The lowest BCUT2D eigenvalue weighted by Gasteiger charge is -2.14. The molecule has 0 radical (unpaired) electrons. The van der Waals surface area contributed by atoms with E-state index in [4.69, 9.17) is 21.5 Å². The summed E-state index contributed by atoms with van der Waals surface area (Å²) in [5, 5.41) is 4.84. The first-order valence-corrected chi connectivity index (χ1v) is 13.5. The largest absolute Gasteiger partial charge is 0.382 e. The molecule has 0 aliphatic heterocycles. The van der Waals surface area contributed by atoms with Gasteiger partial charge in [-0.15, -0.1) is 5.10 Å². The van der Waals surface area contributed by atoms with Crippen LogP contribution in [0.25, 0.3) is 38.9 Å². The van der Waals surface area contributed by atoms with Crippen molar-refractivity contribution in [1.82, 2.24) is 24.6 Å². The highest BCUT2D eigenvalue weighted by Gasteiger charge is 2.16. The smallest absolute Gasteiger partial charge is 0.160 e. The second-order valence-electron chi connectivity index (χ2n) is 10.2. The lowest BCUT2D eigenvalue weighted by molar-refractivity contribution is 0.629. The fourth-order valence-corrected chi connectivity index (χ4v) is 5.47. The predicted octanol–water partition coefficient (Wildman–Crippen LogP) is 5.49. The summed E-state index contributed by atoms with van der Waals surface area (Å²) in [4.78, 5) is 9.69.